The normalized spacial score (nSPS) is 12.1. The molecular formula is C6H12S. The van der Waals surface area contributed by atoms with E-state index in [4.69, 9.17) is 0 Å². The lowest BCUT2D eigenvalue weighted by Crippen LogP contribution is -1.74. The Hall–Kier alpha value is 0.0900. The van der Waals surface area contributed by atoms with Crippen molar-refractivity contribution in [3.63, 3.8) is 0 Å². The lowest BCUT2D eigenvalue weighted by Gasteiger charge is -1.90. The zero-order valence-corrected chi connectivity index (χ0v) is 5.83. The van der Waals surface area contributed by atoms with Gasteiger partial charge in [0.05, 0.1) is 0 Å². The van der Waals surface area contributed by atoms with Gasteiger partial charge in [-0.3, -0.25) is 0 Å². The van der Waals surface area contributed by atoms with Gasteiger partial charge in [-0.1, -0.05) is 11.6 Å². The third kappa shape index (κ3) is 3.93. The maximum Gasteiger partial charge on any atom is -0.00607 e. The Morgan fingerprint density at radius 2 is 2.29 bits per heavy atom. The largest absolute Gasteiger partial charge is 0.179 e. The van der Waals surface area contributed by atoms with Crippen LogP contribution in [0.1, 0.15) is 20.3 Å². The number of hydrogen-bond donors (Lipinski definition) is 1. The van der Waals surface area contributed by atoms with Crippen molar-refractivity contribution in [3.05, 3.63) is 11.6 Å². The van der Waals surface area contributed by atoms with Crippen LogP contribution < -0.4 is 0 Å². The quantitative estimate of drug-likeness (QED) is 0.415. The summed E-state index contributed by atoms with van der Waals surface area (Å²) in [6, 6.07) is 0. The molecule has 0 N–H and O–H groups in total. The van der Waals surface area contributed by atoms with Gasteiger partial charge in [-0.05, 0) is 26.0 Å². The van der Waals surface area contributed by atoms with E-state index >= 15 is 0 Å². The molecule has 0 saturated carbocycles. The smallest absolute Gasteiger partial charge is 0.00607 e. The van der Waals surface area contributed by atoms with E-state index in [9.17, 15) is 0 Å². The summed E-state index contributed by atoms with van der Waals surface area (Å²) in [5.41, 5.74) is 1.43. The summed E-state index contributed by atoms with van der Waals surface area (Å²) in [5.74, 6) is 0.968. The molecule has 0 nitrogen and oxygen atoms in total. The van der Waals surface area contributed by atoms with E-state index < -0.39 is 0 Å². The molecule has 0 fully saturated rings. The first-order valence-electron chi connectivity index (χ1n) is 2.54. The van der Waals surface area contributed by atoms with E-state index in [-0.39, 0.29) is 0 Å². The molecule has 0 aromatic rings. The maximum atomic E-state index is 4.07. The fourth-order valence-electron chi connectivity index (χ4n) is 0.321. The maximum absolute atomic E-state index is 4.07. The number of thiol groups is 1. The average molecular weight is 116 g/mol. The standard InChI is InChI=1S/C6H12S/c1-3-6(2)4-5-7/h3,7H,4-5H2,1-2H3/b6-3+. The molecule has 0 rings (SSSR count). The Morgan fingerprint density at radius 1 is 1.71 bits per heavy atom. The van der Waals surface area contributed by atoms with E-state index in [1.54, 1.807) is 0 Å². The van der Waals surface area contributed by atoms with Crippen LogP contribution in [0, 0.1) is 0 Å². The molecule has 0 aromatic carbocycles. The second kappa shape index (κ2) is 4.25. The zero-order valence-electron chi connectivity index (χ0n) is 4.94. The van der Waals surface area contributed by atoms with Gasteiger partial charge in [-0.15, -0.1) is 0 Å². The molecule has 0 bridgehead atoms. The Balaban J connectivity index is 3.17. The summed E-state index contributed by atoms with van der Waals surface area (Å²) in [6.07, 6.45) is 3.25. The third-order valence-electron chi connectivity index (χ3n) is 0.999. The van der Waals surface area contributed by atoms with Crippen LogP contribution in [0.25, 0.3) is 0 Å². The van der Waals surface area contributed by atoms with Crippen molar-refractivity contribution < 1.29 is 0 Å². The van der Waals surface area contributed by atoms with Crippen molar-refractivity contribution in [2.75, 3.05) is 5.75 Å². The van der Waals surface area contributed by atoms with Gasteiger partial charge >= 0.3 is 0 Å². The average Bonchev–Trinajstić information content (AvgIpc) is 1.68. The SMILES string of the molecule is C/C=C(\C)CCS. The van der Waals surface area contributed by atoms with Crippen LogP contribution in [0.15, 0.2) is 11.6 Å². The molecule has 0 spiro atoms. The summed E-state index contributed by atoms with van der Waals surface area (Å²) in [4.78, 5) is 0. The second-order valence-electron chi connectivity index (χ2n) is 1.61. The van der Waals surface area contributed by atoms with Crippen LogP contribution in [-0.4, -0.2) is 5.75 Å². The Morgan fingerprint density at radius 3 is 2.43 bits per heavy atom. The van der Waals surface area contributed by atoms with Gasteiger partial charge in [0.1, 0.15) is 0 Å². The highest BCUT2D eigenvalue weighted by molar-refractivity contribution is 7.80. The highest BCUT2D eigenvalue weighted by atomic mass is 32.1. The molecule has 0 heterocycles. The molecule has 7 heavy (non-hydrogen) atoms. The van der Waals surface area contributed by atoms with Crippen LogP contribution in [0.3, 0.4) is 0 Å². The third-order valence-corrected chi connectivity index (χ3v) is 1.22. The van der Waals surface area contributed by atoms with Crippen molar-refractivity contribution in [1.82, 2.24) is 0 Å². The molecule has 0 atom stereocenters. The summed E-state index contributed by atoms with van der Waals surface area (Å²) < 4.78 is 0. The molecule has 42 valence electrons. The molecule has 0 aliphatic rings. The highest BCUT2D eigenvalue weighted by Gasteiger charge is 1.80. The Bertz CT molecular complexity index is 64.6. The van der Waals surface area contributed by atoms with Gasteiger partial charge in [0.15, 0.2) is 0 Å². The first-order chi connectivity index (χ1) is 3.31. The molecule has 0 aliphatic carbocycles. The predicted molar refractivity (Wildman–Crippen MR) is 37.9 cm³/mol. The topological polar surface area (TPSA) is 0 Å². The van der Waals surface area contributed by atoms with Crippen molar-refractivity contribution in [2.45, 2.75) is 20.3 Å². The van der Waals surface area contributed by atoms with Gasteiger partial charge in [0.25, 0.3) is 0 Å². The van der Waals surface area contributed by atoms with Gasteiger partial charge in [0.2, 0.25) is 0 Å². The number of hydrogen-bond acceptors (Lipinski definition) is 1. The molecular weight excluding hydrogens is 104 g/mol. The van der Waals surface area contributed by atoms with Gasteiger partial charge in [-0.2, -0.15) is 12.6 Å². The van der Waals surface area contributed by atoms with Crippen LogP contribution >= 0.6 is 12.6 Å². The minimum Gasteiger partial charge on any atom is -0.179 e. The molecule has 0 aromatic heterocycles. The van der Waals surface area contributed by atoms with E-state index in [0.29, 0.717) is 0 Å². The van der Waals surface area contributed by atoms with Gasteiger partial charge < -0.3 is 0 Å². The van der Waals surface area contributed by atoms with Crippen molar-refractivity contribution in [2.24, 2.45) is 0 Å². The molecule has 0 unspecified atom stereocenters. The van der Waals surface area contributed by atoms with Gasteiger partial charge in [-0.25, -0.2) is 0 Å². The summed E-state index contributed by atoms with van der Waals surface area (Å²) in [7, 11) is 0. The number of rotatable bonds is 2. The van der Waals surface area contributed by atoms with Crippen LogP contribution in [0.2, 0.25) is 0 Å². The van der Waals surface area contributed by atoms with E-state index in [0.717, 1.165) is 12.2 Å². The Kier molecular flexibility index (Phi) is 4.31. The van der Waals surface area contributed by atoms with Crippen LogP contribution in [0.5, 0.6) is 0 Å². The van der Waals surface area contributed by atoms with Crippen LogP contribution in [0.4, 0.5) is 0 Å². The van der Waals surface area contributed by atoms with E-state index in [1.165, 1.54) is 5.57 Å². The van der Waals surface area contributed by atoms with Crippen LogP contribution in [-0.2, 0) is 0 Å². The second-order valence-corrected chi connectivity index (χ2v) is 2.06. The molecule has 0 radical (unpaired) electrons. The predicted octanol–water partition coefficient (Wildman–Crippen LogP) is 2.27. The number of allylic oxidation sites excluding steroid dienone is 2. The summed E-state index contributed by atoms with van der Waals surface area (Å²) >= 11 is 4.07. The fraction of sp³-hybridized carbons (Fsp3) is 0.667. The molecule has 0 aliphatic heterocycles. The van der Waals surface area contributed by atoms with E-state index in [1.807, 2.05) is 0 Å². The summed E-state index contributed by atoms with van der Waals surface area (Å²) in [6.45, 7) is 4.18. The minimum absolute atomic E-state index is 0.968. The van der Waals surface area contributed by atoms with Crippen molar-refractivity contribution >= 4 is 12.6 Å². The first-order valence-corrected chi connectivity index (χ1v) is 3.17. The lowest BCUT2D eigenvalue weighted by molar-refractivity contribution is 1.11. The first kappa shape index (κ1) is 7.09. The fourth-order valence-corrected chi connectivity index (χ4v) is 0.673. The molecule has 1 heteroatoms. The van der Waals surface area contributed by atoms with Gasteiger partial charge in [0, 0.05) is 0 Å². The van der Waals surface area contributed by atoms with Crippen molar-refractivity contribution in [1.29, 1.82) is 0 Å². The Labute approximate surface area is 51.0 Å². The minimum atomic E-state index is 0.968. The molecule has 0 saturated heterocycles. The lowest BCUT2D eigenvalue weighted by atomic mass is 10.2. The van der Waals surface area contributed by atoms with Crippen molar-refractivity contribution in [3.8, 4) is 0 Å². The van der Waals surface area contributed by atoms with E-state index in [2.05, 4.69) is 32.6 Å². The monoisotopic (exact) mass is 116 g/mol. The molecule has 0 amide bonds. The highest BCUT2D eigenvalue weighted by Crippen LogP contribution is 1.98. The zero-order chi connectivity index (χ0) is 5.70. The summed E-state index contributed by atoms with van der Waals surface area (Å²) in [5, 5.41) is 0.